The molecular formula is C15H15N. The zero-order chi connectivity index (χ0) is 10.8. The molecule has 0 saturated heterocycles. The lowest BCUT2D eigenvalue weighted by Gasteiger charge is -2.25. The first-order valence-electron chi connectivity index (χ1n) is 5.93. The van der Waals surface area contributed by atoms with Crippen LogP contribution in [0.5, 0.6) is 0 Å². The summed E-state index contributed by atoms with van der Waals surface area (Å²) in [7, 11) is 0. The summed E-state index contributed by atoms with van der Waals surface area (Å²) in [5.74, 6) is 0.577. The van der Waals surface area contributed by atoms with Crippen LogP contribution in [0.1, 0.15) is 35.4 Å². The van der Waals surface area contributed by atoms with Gasteiger partial charge in [0, 0.05) is 18.3 Å². The molecule has 1 aromatic heterocycles. The molecule has 0 radical (unpaired) electrons. The van der Waals surface area contributed by atoms with E-state index in [4.69, 9.17) is 0 Å². The third kappa shape index (κ3) is 1.63. The maximum absolute atomic E-state index is 4.10. The minimum atomic E-state index is 0.577. The smallest absolute Gasteiger partial charge is 0.0270 e. The average molecular weight is 209 g/mol. The van der Waals surface area contributed by atoms with Crippen LogP contribution in [0.2, 0.25) is 0 Å². The first-order chi connectivity index (χ1) is 7.95. The maximum Gasteiger partial charge on any atom is 0.0270 e. The van der Waals surface area contributed by atoms with E-state index >= 15 is 0 Å². The summed E-state index contributed by atoms with van der Waals surface area (Å²) in [5, 5.41) is 0. The summed E-state index contributed by atoms with van der Waals surface area (Å²) >= 11 is 0. The van der Waals surface area contributed by atoms with Gasteiger partial charge in [-0.1, -0.05) is 24.3 Å². The average Bonchev–Trinajstić information content (AvgIpc) is 2.39. The Balaban J connectivity index is 2.05. The molecule has 1 unspecified atom stereocenters. The summed E-state index contributed by atoms with van der Waals surface area (Å²) in [4.78, 5) is 4.10. The van der Waals surface area contributed by atoms with Crippen molar-refractivity contribution in [1.29, 1.82) is 0 Å². The highest BCUT2D eigenvalue weighted by atomic mass is 14.6. The number of hydrogen-bond donors (Lipinski definition) is 0. The van der Waals surface area contributed by atoms with E-state index in [0.29, 0.717) is 5.92 Å². The van der Waals surface area contributed by atoms with E-state index in [-0.39, 0.29) is 0 Å². The molecule has 0 fully saturated rings. The van der Waals surface area contributed by atoms with Gasteiger partial charge >= 0.3 is 0 Å². The molecule has 80 valence electrons. The SMILES string of the molecule is c1ccc2c(c1)CCCC2c1ccncc1. The fourth-order valence-corrected chi connectivity index (χ4v) is 2.70. The lowest BCUT2D eigenvalue weighted by Crippen LogP contribution is -2.10. The first kappa shape index (κ1) is 9.59. The van der Waals surface area contributed by atoms with Crippen LogP contribution < -0.4 is 0 Å². The number of pyridine rings is 1. The molecule has 1 heterocycles. The molecule has 1 aromatic carbocycles. The third-order valence-electron chi connectivity index (χ3n) is 3.48. The van der Waals surface area contributed by atoms with E-state index in [0.717, 1.165) is 0 Å². The van der Waals surface area contributed by atoms with Crippen molar-refractivity contribution in [3.8, 4) is 0 Å². The molecule has 2 aromatic rings. The quantitative estimate of drug-likeness (QED) is 0.700. The standard InChI is InChI=1S/C15H15N/c1-2-6-14-12(4-1)5-3-7-15(14)13-8-10-16-11-9-13/h1-2,4,6,8-11,15H,3,5,7H2. The Morgan fingerprint density at radius 3 is 2.69 bits per heavy atom. The second-order valence-electron chi connectivity index (χ2n) is 4.42. The molecule has 0 bridgehead atoms. The van der Waals surface area contributed by atoms with Gasteiger partial charge in [-0.05, 0) is 48.1 Å². The van der Waals surface area contributed by atoms with Gasteiger partial charge in [-0.2, -0.15) is 0 Å². The van der Waals surface area contributed by atoms with Gasteiger partial charge in [-0.15, -0.1) is 0 Å². The predicted octanol–water partition coefficient (Wildman–Crippen LogP) is 3.55. The van der Waals surface area contributed by atoms with Crippen molar-refractivity contribution >= 4 is 0 Å². The highest BCUT2D eigenvalue weighted by Crippen LogP contribution is 2.35. The summed E-state index contributed by atoms with van der Waals surface area (Å²) in [6, 6.07) is 13.1. The van der Waals surface area contributed by atoms with Gasteiger partial charge in [0.05, 0.1) is 0 Å². The van der Waals surface area contributed by atoms with Gasteiger partial charge in [-0.3, -0.25) is 4.98 Å². The molecule has 1 heteroatoms. The minimum Gasteiger partial charge on any atom is -0.265 e. The Bertz CT molecular complexity index is 476. The fourth-order valence-electron chi connectivity index (χ4n) is 2.70. The van der Waals surface area contributed by atoms with Gasteiger partial charge in [0.25, 0.3) is 0 Å². The first-order valence-corrected chi connectivity index (χ1v) is 5.93. The topological polar surface area (TPSA) is 12.9 Å². The van der Waals surface area contributed by atoms with Gasteiger partial charge in [0.15, 0.2) is 0 Å². The second kappa shape index (κ2) is 4.09. The van der Waals surface area contributed by atoms with Crippen LogP contribution >= 0.6 is 0 Å². The maximum atomic E-state index is 4.10. The molecular weight excluding hydrogens is 194 g/mol. The van der Waals surface area contributed by atoms with E-state index in [1.807, 2.05) is 12.4 Å². The molecule has 16 heavy (non-hydrogen) atoms. The number of hydrogen-bond acceptors (Lipinski definition) is 1. The number of rotatable bonds is 1. The number of fused-ring (bicyclic) bond motifs is 1. The number of aromatic nitrogens is 1. The second-order valence-corrected chi connectivity index (χ2v) is 4.42. The lowest BCUT2D eigenvalue weighted by atomic mass is 9.79. The van der Waals surface area contributed by atoms with Crippen molar-refractivity contribution in [3.05, 3.63) is 65.5 Å². The van der Waals surface area contributed by atoms with E-state index in [9.17, 15) is 0 Å². The predicted molar refractivity (Wildman–Crippen MR) is 65.5 cm³/mol. The molecule has 0 N–H and O–H groups in total. The fraction of sp³-hybridized carbons (Fsp3) is 0.267. The van der Waals surface area contributed by atoms with E-state index in [1.54, 1.807) is 0 Å². The van der Waals surface area contributed by atoms with Crippen LogP contribution in [0.25, 0.3) is 0 Å². The summed E-state index contributed by atoms with van der Waals surface area (Å²) in [6.07, 6.45) is 7.59. The number of nitrogens with zero attached hydrogens (tertiary/aromatic N) is 1. The van der Waals surface area contributed by atoms with Crippen molar-refractivity contribution in [3.63, 3.8) is 0 Å². The highest BCUT2D eigenvalue weighted by molar-refractivity contribution is 5.39. The van der Waals surface area contributed by atoms with Crippen molar-refractivity contribution in [2.24, 2.45) is 0 Å². The Kier molecular flexibility index (Phi) is 2.45. The van der Waals surface area contributed by atoms with Gasteiger partial charge in [0.1, 0.15) is 0 Å². The molecule has 0 amide bonds. The number of aryl methyl sites for hydroxylation is 1. The Labute approximate surface area is 96.2 Å². The molecule has 1 aliphatic rings. The van der Waals surface area contributed by atoms with Gasteiger partial charge in [-0.25, -0.2) is 0 Å². The molecule has 3 rings (SSSR count). The Morgan fingerprint density at radius 2 is 1.81 bits per heavy atom. The zero-order valence-corrected chi connectivity index (χ0v) is 9.26. The zero-order valence-electron chi connectivity index (χ0n) is 9.26. The van der Waals surface area contributed by atoms with Crippen molar-refractivity contribution < 1.29 is 0 Å². The van der Waals surface area contributed by atoms with E-state index in [1.165, 1.54) is 36.0 Å². The molecule has 1 atom stereocenters. The summed E-state index contributed by atoms with van der Waals surface area (Å²) in [6.45, 7) is 0. The molecule has 0 spiro atoms. The van der Waals surface area contributed by atoms with Crippen LogP contribution in [0.15, 0.2) is 48.8 Å². The van der Waals surface area contributed by atoms with Crippen LogP contribution in [0, 0.1) is 0 Å². The van der Waals surface area contributed by atoms with Crippen LogP contribution in [-0.4, -0.2) is 4.98 Å². The monoisotopic (exact) mass is 209 g/mol. The summed E-state index contributed by atoms with van der Waals surface area (Å²) < 4.78 is 0. The van der Waals surface area contributed by atoms with Crippen molar-refractivity contribution in [1.82, 2.24) is 4.98 Å². The summed E-state index contributed by atoms with van der Waals surface area (Å²) in [5.41, 5.74) is 4.44. The minimum absolute atomic E-state index is 0.577. The van der Waals surface area contributed by atoms with Gasteiger partial charge < -0.3 is 0 Å². The molecule has 1 nitrogen and oxygen atoms in total. The van der Waals surface area contributed by atoms with E-state index in [2.05, 4.69) is 41.4 Å². The molecule has 0 aliphatic heterocycles. The highest BCUT2D eigenvalue weighted by Gasteiger charge is 2.20. The van der Waals surface area contributed by atoms with Gasteiger partial charge in [0.2, 0.25) is 0 Å². The van der Waals surface area contributed by atoms with Crippen LogP contribution in [0.3, 0.4) is 0 Å². The molecule has 1 aliphatic carbocycles. The van der Waals surface area contributed by atoms with E-state index < -0.39 is 0 Å². The largest absolute Gasteiger partial charge is 0.265 e. The molecule has 0 saturated carbocycles. The normalized spacial score (nSPS) is 19.1. The third-order valence-corrected chi connectivity index (χ3v) is 3.48. The number of benzene rings is 1. The van der Waals surface area contributed by atoms with Crippen LogP contribution in [0.4, 0.5) is 0 Å². The lowest BCUT2D eigenvalue weighted by molar-refractivity contribution is 0.615. The van der Waals surface area contributed by atoms with Crippen molar-refractivity contribution in [2.75, 3.05) is 0 Å². The Morgan fingerprint density at radius 1 is 1.00 bits per heavy atom. The Hall–Kier alpha value is -1.63. The van der Waals surface area contributed by atoms with Crippen LogP contribution in [-0.2, 0) is 6.42 Å². The van der Waals surface area contributed by atoms with Crippen molar-refractivity contribution in [2.45, 2.75) is 25.2 Å².